The lowest BCUT2D eigenvalue weighted by molar-refractivity contribution is -0.144. The molecule has 2 unspecified atom stereocenters. The van der Waals surface area contributed by atoms with Crippen LogP contribution in [0.5, 0.6) is 11.5 Å². The number of pyridine rings is 1. The number of carboxylic acid groups (broad SMARTS) is 1. The molecular weight excluding hydrogens is 610 g/mol. The summed E-state index contributed by atoms with van der Waals surface area (Å²) in [6.45, 7) is 8.07. The first-order valence-electron chi connectivity index (χ1n) is 17.4. The lowest BCUT2D eigenvalue weighted by Gasteiger charge is -2.47. The van der Waals surface area contributed by atoms with Gasteiger partial charge >= 0.3 is 5.97 Å². The summed E-state index contributed by atoms with van der Waals surface area (Å²) in [6.07, 6.45) is 9.92. The summed E-state index contributed by atoms with van der Waals surface area (Å²) in [5.41, 5.74) is 4.74. The second-order valence-electron chi connectivity index (χ2n) is 14.5. The molecule has 1 aromatic heterocycles. The average Bonchev–Trinajstić information content (AvgIpc) is 3.32. The Kier molecular flexibility index (Phi) is 10.0. The molecule has 3 aliphatic carbocycles. The zero-order valence-corrected chi connectivity index (χ0v) is 29.0. The lowest BCUT2D eigenvalue weighted by Crippen LogP contribution is -2.53. The number of carbonyl (C=O) groups is 1. The molecule has 0 saturated heterocycles. The van der Waals surface area contributed by atoms with Crippen LogP contribution in [-0.4, -0.2) is 47.9 Å². The number of nitrogens with one attached hydrogen (secondary N) is 2. The van der Waals surface area contributed by atoms with Gasteiger partial charge < -0.3 is 25.2 Å². The first-order chi connectivity index (χ1) is 22.6. The van der Waals surface area contributed by atoms with Crippen molar-refractivity contribution in [2.24, 2.45) is 11.8 Å². The van der Waals surface area contributed by atoms with E-state index in [1.54, 1.807) is 0 Å². The van der Waals surface area contributed by atoms with Gasteiger partial charge in [0.05, 0.1) is 6.61 Å². The number of nitrogens with zero attached hydrogens (tertiary/aromatic N) is 1. The first kappa shape index (κ1) is 33.6. The van der Waals surface area contributed by atoms with Crippen LogP contribution in [0.3, 0.4) is 0 Å². The number of likely N-dealkylation sites (N-methyl/N-ethyl adjacent to an activating group) is 1. The van der Waals surface area contributed by atoms with Crippen molar-refractivity contribution in [3.63, 3.8) is 0 Å². The van der Waals surface area contributed by atoms with E-state index in [9.17, 15) is 9.90 Å². The Morgan fingerprint density at radius 1 is 1.13 bits per heavy atom. The fourth-order valence-electron chi connectivity index (χ4n) is 8.71. The van der Waals surface area contributed by atoms with Gasteiger partial charge in [-0.05, 0) is 142 Å². The first-order valence-corrected chi connectivity index (χ1v) is 17.8. The number of halogens is 1. The number of ether oxygens (including phenoxy) is 2. The highest BCUT2D eigenvalue weighted by Gasteiger charge is 2.54. The Labute approximate surface area is 284 Å². The molecule has 0 amide bonds. The molecule has 2 aromatic carbocycles. The van der Waals surface area contributed by atoms with E-state index >= 15 is 0 Å². The van der Waals surface area contributed by atoms with E-state index in [2.05, 4.69) is 54.6 Å². The third kappa shape index (κ3) is 6.98. The summed E-state index contributed by atoms with van der Waals surface area (Å²) in [6, 6.07) is 16.0. The van der Waals surface area contributed by atoms with E-state index in [0.29, 0.717) is 42.2 Å². The van der Waals surface area contributed by atoms with Crippen LogP contribution in [0.25, 0.3) is 0 Å². The van der Waals surface area contributed by atoms with E-state index < -0.39 is 11.5 Å². The molecule has 1 fully saturated rings. The molecule has 47 heavy (non-hydrogen) atoms. The lowest BCUT2D eigenvalue weighted by atomic mass is 9.59. The normalized spacial score (nSPS) is 26.2. The van der Waals surface area contributed by atoms with E-state index in [4.69, 9.17) is 21.1 Å². The predicted octanol–water partition coefficient (Wildman–Crippen LogP) is 8.19. The summed E-state index contributed by atoms with van der Waals surface area (Å²) in [4.78, 5) is 17.6. The molecule has 7 nitrogen and oxygen atoms in total. The Morgan fingerprint density at radius 2 is 1.94 bits per heavy atom. The predicted molar refractivity (Wildman–Crippen MR) is 188 cm³/mol. The Bertz CT molecular complexity index is 1570. The van der Waals surface area contributed by atoms with Gasteiger partial charge in [-0.25, -0.2) is 4.79 Å². The van der Waals surface area contributed by atoms with Crippen LogP contribution in [0, 0.1) is 11.8 Å². The van der Waals surface area contributed by atoms with Crippen LogP contribution in [0.15, 0.2) is 54.7 Å². The van der Waals surface area contributed by atoms with Crippen molar-refractivity contribution < 1.29 is 19.4 Å². The molecule has 252 valence electrons. The Balaban J connectivity index is 1.24. The maximum absolute atomic E-state index is 12.9. The summed E-state index contributed by atoms with van der Waals surface area (Å²) < 4.78 is 12.9. The third-order valence-corrected chi connectivity index (χ3v) is 11.3. The zero-order valence-electron chi connectivity index (χ0n) is 28.3. The maximum atomic E-state index is 12.9. The molecule has 0 bridgehead atoms. The number of aryl methyl sites for hydroxylation is 1. The van der Waals surface area contributed by atoms with Gasteiger partial charge in [0.1, 0.15) is 23.1 Å². The van der Waals surface area contributed by atoms with Crippen molar-refractivity contribution in [1.82, 2.24) is 10.3 Å². The molecule has 4 atom stereocenters. The average molecular weight is 660 g/mol. The third-order valence-electron chi connectivity index (χ3n) is 11.1. The summed E-state index contributed by atoms with van der Waals surface area (Å²) in [5, 5.41) is 17.8. The highest BCUT2D eigenvalue weighted by molar-refractivity contribution is 6.30. The maximum Gasteiger partial charge on any atom is 0.329 e. The monoisotopic (exact) mass is 659 g/mol. The molecule has 6 rings (SSSR count). The van der Waals surface area contributed by atoms with Crippen LogP contribution >= 0.6 is 11.6 Å². The fraction of sp³-hybridized carbons (Fsp3) is 0.538. The van der Waals surface area contributed by atoms with E-state index in [1.165, 1.54) is 35.2 Å². The minimum absolute atomic E-state index is 0.0398. The standard InChI is InChI=1S/C39H50ClN3O4/c1-25(24-46-35-13-18-42-34-10-5-7-26(2)36(34)35)19-29-20-28-11-12-32(47-27(3)23-41-4)22-33(28)38(29)14-16-39(17-15-38,37(44)45)43-31-9-6-8-30(40)21-31/h6,8-9,11-13,18,21-22,25-27,29,41,43H,5,7,10,14-17,19-20,23-24H2,1-4H3,(H,44,45)/t25-,26-,27?,29?,38?,39?/m1/s1. The number of hydrogen-bond acceptors (Lipinski definition) is 6. The van der Waals surface area contributed by atoms with E-state index in [1.807, 2.05) is 43.6 Å². The van der Waals surface area contributed by atoms with Gasteiger partial charge in [-0.2, -0.15) is 0 Å². The van der Waals surface area contributed by atoms with Gasteiger partial charge in [0.15, 0.2) is 0 Å². The molecule has 1 spiro atoms. The molecule has 3 aliphatic rings. The van der Waals surface area contributed by atoms with Crippen molar-refractivity contribution in [2.75, 3.05) is 25.5 Å². The number of fused-ring (bicyclic) bond motifs is 3. The smallest absolute Gasteiger partial charge is 0.329 e. The molecule has 1 heterocycles. The van der Waals surface area contributed by atoms with E-state index in [-0.39, 0.29) is 11.5 Å². The van der Waals surface area contributed by atoms with Crippen molar-refractivity contribution in [3.8, 4) is 11.5 Å². The number of benzene rings is 2. The summed E-state index contributed by atoms with van der Waals surface area (Å²) in [7, 11) is 1.94. The molecule has 0 aliphatic heterocycles. The SMILES string of the molecule is CNCC(C)Oc1ccc2c(c1)C1(CCC(Nc3cccc(Cl)c3)(C(=O)O)CC1)C(C[C@@H](C)COc1ccnc3c1[C@H](C)CCC3)C2. The zero-order chi connectivity index (χ0) is 33.2. The molecule has 3 N–H and O–H groups in total. The van der Waals surface area contributed by atoms with Crippen molar-refractivity contribution in [2.45, 2.75) is 102 Å². The van der Waals surface area contributed by atoms with Crippen LogP contribution in [-0.2, 0) is 23.1 Å². The highest BCUT2D eigenvalue weighted by atomic mass is 35.5. The summed E-state index contributed by atoms with van der Waals surface area (Å²) in [5.74, 6) is 2.24. The highest BCUT2D eigenvalue weighted by Crippen LogP contribution is 2.57. The van der Waals surface area contributed by atoms with Gasteiger partial charge in [-0.15, -0.1) is 0 Å². The second kappa shape index (κ2) is 14.1. The molecule has 0 radical (unpaired) electrons. The van der Waals surface area contributed by atoms with Crippen LogP contribution < -0.4 is 20.1 Å². The van der Waals surface area contributed by atoms with Gasteiger partial charge in [-0.1, -0.05) is 37.6 Å². The topological polar surface area (TPSA) is 92.7 Å². The molecule has 8 heteroatoms. The second-order valence-corrected chi connectivity index (χ2v) is 14.9. The fourth-order valence-corrected chi connectivity index (χ4v) is 8.90. The quantitative estimate of drug-likeness (QED) is 0.181. The molecule has 3 aromatic rings. The van der Waals surface area contributed by atoms with Gasteiger partial charge in [0.2, 0.25) is 0 Å². The minimum Gasteiger partial charge on any atom is -0.493 e. The van der Waals surface area contributed by atoms with Crippen molar-refractivity contribution in [3.05, 3.63) is 82.1 Å². The van der Waals surface area contributed by atoms with Crippen molar-refractivity contribution >= 4 is 23.3 Å². The molecule has 1 saturated carbocycles. The number of rotatable bonds is 12. The van der Waals surface area contributed by atoms with E-state index in [0.717, 1.165) is 55.8 Å². The Morgan fingerprint density at radius 3 is 2.68 bits per heavy atom. The van der Waals surface area contributed by atoms with Gasteiger partial charge in [0, 0.05) is 34.7 Å². The number of aromatic nitrogens is 1. The number of carboxylic acids is 1. The minimum atomic E-state index is -1.05. The van der Waals surface area contributed by atoms with Gasteiger partial charge in [0.25, 0.3) is 0 Å². The van der Waals surface area contributed by atoms with Crippen LogP contribution in [0.2, 0.25) is 5.02 Å². The van der Waals surface area contributed by atoms with Gasteiger partial charge in [-0.3, -0.25) is 4.98 Å². The van der Waals surface area contributed by atoms with Crippen molar-refractivity contribution in [1.29, 1.82) is 0 Å². The number of hydrogen-bond donors (Lipinski definition) is 3. The number of aliphatic carboxylic acids is 1. The number of anilines is 1. The van der Waals surface area contributed by atoms with Crippen LogP contribution in [0.4, 0.5) is 5.69 Å². The Hall–Kier alpha value is -3.29. The molecular formula is C39H50ClN3O4. The van der Waals surface area contributed by atoms with Crippen LogP contribution in [0.1, 0.15) is 94.0 Å². The summed E-state index contributed by atoms with van der Waals surface area (Å²) >= 11 is 6.27. The largest absolute Gasteiger partial charge is 0.493 e.